The van der Waals surface area contributed by atoms with Crippen LogP contribution in [0.2, 0.25) is 0 Å². The van der Waals surface area contributed by atoms with Gasteiger partial charge in [0.05, 0.1) is 10.9 Å². The average molecular weight is 257 g/mol. The first kappa shape index (κ1) is 12.6. The number of hydrogen-bond donors (Lipinski definition) is 1. The van der Waals surface area contributed by atoms with Crippen LogP contribution < -0.4 is 11.3 Å². The van der Waals surface area contributed by atoms with Crippen LogP contribution in [0, 0.1) is 0 Å². The lowest BCUT2D eigenvalue weighted by Crippen LogP contribution is -2.27. The minimum Gasteiger partial charge on any atom is -0.326 e. The van der Waals surface area contributed by atoms with Gasteiger partial charge in [0.2, 0.25) is 5.82 Å². The summed E-state index contributed by atoms with van der Waals surface area (Å²) in [4.78, 5) is 15.3. The third-order valence-corrected chi connectivity index (χ3v) is 2.63. The highest BCUT2D eigenvalue weighted by Crippen LogP contribution is 2.27. The summed E-state index contributed by atoms with van der Waals surface area (Å²) in [7, 11) is 1.05. The molecule has 0 amide bonds. The Balaban J connectivity index is 2.83. The van der Waals surface area contributed by atoms with Crippen molar-refractivity contribution in [2.45, 2.75) is 12.7 Å². The monoisotopic (exact) mass is 257 g/mol. The highest BCUT2D eigenvalue weighted by atomic mass is 19.4. The van der Waals surface area contributed by atoms with E-state index in [0.29, 0.717) is 10.1 Å². The third kappa shape index (κ3) is 1.97. The van der Waals surface area contributed by atoms with Gasteiger partial charge >= 0.3 is 6.18 Å². The molecule has 7 heteroatoms. The summed E-state index contributed by atoms with van der Waals surface area (Å²) < 4.78 is 38.5. The summed E-state index contributed by atoms with van der Waals surface area (Å²) in [5.41, 5.74) is 5.37. The minimum absolute atomic E-state index is 0.0163. The van der Waals surface area contributed by atoms with Crippen LogP contribution in [-0.2, 0) is 19.8 Å². The van der Waals surface area contributed by atoms with E-state index >= 15 is 0 Å². The number of fused-ring (bicyclic) bond motifs is 1. The lowest BCUT2D eigenvalue weighted by molar-refractivity contribution is -0.147. The highest BCUT2D eigenvalue weighted by molar-refractivity contribution is 5.78. The molecule has 1 aromatic carbocycles. The fourth-order valence-electron chi connectivity index (χ4n) is 1.70. The van der Waals surface area contributed by atoms with Gasteiger partial charge in [0.15, 0.2) is 0 Å². The smallest absolute Gasteiger partial charge is 0.326 e. The second kappa shape index (κ2) is 4.09. The second-order valence-corrected chi connectivity index (χ2v) is 3.85. The second-order valence-electron chi connectivity index (χ2n) is 3.85. The molecule has 2 aromatic rings. The number of alkyl halides is 3. The molecule has 1 heterocycles. The van der Waals surface area contributed by atoms with Crippen molar-refractivity contribution in [1.29, 1.82) is 0 Å². The summed E-state index contributed by atoms with van der Waals surface area (Å²) in [6.07, 6.45) is -4.66. The van der Waals surface area contributed by atoms with Crippen molar-refractivity contribution in [1.82, 2.24) is 9.55 Å². The molecule has 96 valence electrons. The van der Waals surface area contributed by atoms with E-state index in [-0.39, 0.29) is 17.4 Å². The molecule has 0 saturated heterocycles. The Morgan fingerprint density at radius 3 is 2.61 bits per heavy atom. The van der Waals surface area contributed by atoms with Crippen LogP contribution in [0.25, 0.3) is 10.9 Å². The molecule has 0 aliphatic rings. The van der Waals surface area contributed by atoms with Crippen LogP contribution in [0.15, 0.2) is 23.0 Å². The Hall–Kier alpha value is -1.89. The molecule has 0 aliphatic carbocycles. The largest absolute Gasteiger partial charge is 0.449 e. The zero-order valence-corrected chi connectivity index (χ0v) is 9.45. The van der Waals surface area contributed by atoms with E-state index in [0.717, 1.165) is 7.05 Å². The maximum atomic E-state index is 12.7. The Kier molecular flexibility index (Phi) is 2.86. The van der Waals surface area contributed by atoms with Gasteiger partial charge in [0.25, 0.3) is 5.56 Å². The maximum absolute atomic E-state index is 12.7. The zero-order valence-electron chi connectivity index (χ0n) is 9.45. The molecular formula is C11H10F3N3O. The lowest BCUT2D eigenvalue weighted by Gasteiger charge is -2.11. The van der Waals surface area contributed by atoms with Gasteiger partial charge in [-0.15, -0.1) is 0 Å². The van der Waals surface area contributed by atoms with E-state index in [1.165, 1.54) is 12.1 Å². The predicted octanol–water partition coefficient (Wildman–Crippen LogP) is 1.41. The first-order chi connectivity index (χ1) is 8.34. The van der Waals surface area contributed by atoms with Crippen molar-refractivity contribution in [3.63, 3.8) is 0 Å². The van der Waals surface area contributed by atoms with Crippen molar-refractivity contribution in [3.05, 3.63) is 39.9 Å². The predicted molar refractivity (Wildman–Crippen MR) is 59.9 cm³/mol. The number of aromatic nitrogens is 2. The van der Waals surface area contributed by atoms with E-state index in [9.17, 15) is 18.0 Å². The van der Waals surface area contributed by atoms with E-state index in [1.807, 2.05) is 0 Å². The van der Waals surface area contributed by atoms with Crippen molar-refractivity contribution in [2.24, 2.45) is 12.8 Å². The van der Waals surface area contributed by atoms with Crippen LogP contribution in [-0.4, -0.2) is 9.55 Å². The molecule has 0 fully saturated rings. The van der Waals surface area contributed by atoms with Gasteiger partial charge < -0.3 is 5.73 Å². The molecule has 2 N–H and O–H groups in total. The number of benzene rings is 1. The van der Waals surface area contributed by atoms with Crippen LogP contribution in [0.3, 0.4) is 0 Å². The molecular weight excluding hydrogens is 247 g/mol. The highest BCUT2D eigenvalue weighted by Gasteiger charge is 2.36. The Morgan fingerprint density at radius 2 is 2.06 bits per heavy atom. The van der Waals surface area contributed by atoms with Crippen LogP contribution in [0.1, 0.15) is 11.4 Å². The fourth-order valence-corrected chi connectivity index (χ4v) is 1.70. The topological polar surface area (TPSA) is 60.9 Å². The van der Waals surface area contributed by atoms with Gasteiger partial charge in [-0.1, -0.05) is 6.07 Å². The van der Waals surface area contributed by atoms with E-state index in [4.69, 9.17) is 5.73 Å². The molecule has 1 aromatic heterocycles. The third-order valence-electron chi connectivity index (χ3n) is 2.63. The Morgan fingerprint density at radius 1 is 1.39 bits per heavy atom. The van der Waals surface area contributed by atoms with Crippen molar-refractivity contribution in [3.8, 4) is 0 Å². The van der Waals surface area contributed by atoms with Gasteiger partial charge in [-0.25, -0.2) is 4.98 Å². The van der Waals surface area contributed by atoms with E-state index in [2.05, 4.69) is 4.98 Å². The Labute approximate surface area is 99.9 Å². The van der Waals surface area contributed by atoms with Crippen LogP contribution in [0.5, 0.6) is 0 Å². The first-order valence-electron chi connectivity index (χ1n) is 5.11. The standard InChI is InChI=1S/C11H10F3N3O/c1-17-9(18)7-4-6(5-15)2-3-8(7)16-10(17)11(12,13)14/h2-4H,5,15H2,1H3. The summed E-state index contributed by atoms with van der Waals surface area (Å²) in [6.45, 7) is 0.208. The molecule has 0 spiro atoms. The number of nitrogens with two attached hydrogens (primary N) is 1. The van der Waals surface area contributed by atoms with Crippen molar-refractivity contribution < 1.29 is 13.2 Å². The van der Waals surface area contributed by atoms with Gasteiger partial charge in [0, 0.05) is 13.6 Å². The summed E-state index contributed by atoms with van der Waals surface area (Å²) >= 11 is 0. The molecule has 2 rings (SSSR count). The molecule has 18 heavy (non-hydrogen) atoms. The van der Waals surface area contributed by atoms with Crippen molar-refractivity contribution >= 4 is 10.9 Å². The molecule has 4 nitrogen and oxygen atoms in total. The number of nitrogens with zero attached hydrogens (tertiary/aromatic N) is 2. The Bertz CT molecular complexity index is 661. The van der Waals surface area contributed by atoms with Gasteiger partial charge in [-0.05, 0) is 17.7 Å². The van der Waals surface area contributed by atoms with Gasteiger partial charge in [-0.2, -0.15) is 13.2 Å². The average Bonchev–Trinajstić information content (AvgIpc) is 2.32. The molecule has 0 bridgehead atoms. The molecule has 0 atom stereocenters. The van der Waals surface area contributed by atoms with Gasteiger partial charge in [-0.3, -0.25) is 9.36 Å². The molecule has 0 unspecified atom stereocenters. The number of rotatable bonds is 1. The maximum Gasteiger partial charge on any atom is 0.449 e. The summed E-state index contributed by atoms with van der Waals surface area (Å²) in [5.74, 6) is -1.21. The fraction of sp³-hybridized carbons (Fsp3) is 0.273. The van der Waals surface area contributed by atoms with Crippen molar-refractivity contribution in [2.75, 3.05) is 0 Å². The number of hydrogen-bond acceptors (Lipinski definition) is 3. The van der Waals surface area contributed by atoms with E-state index in [1.54, 1.807) is 6.07 Å². The zero-order chi connectivity index (χ0) is 13.5. The summed E-state index contributed by atoms with van der Waals surface area (Å²) in [5, 5.41) is 0.133. The molecule has 0 aliphatic heterocycles. The van der Waals surface area contributed by atoms with E-state index < -0.39 is 17.6 Å². The SMILES string of the molecule is Cn1c(C(F)(F)F)nc2ccc(CN)cc2c1=O. The number of halogens is 3. The van der Waals surface area contributed by atoms with Crippen LogP contribution in [0.4, 0.5) is 13.2 Å². The quantitative estimate of drug-likeness (QED) is 0.840. The van der Waals surface area contributed by atoms with Crippen LogP contribution >= 0.6 is 0 Å². The molecule has 0 saturated carbocycles. The molecule has 0 radical (unpaired) electrons. The lowest BCUT2D eigenvalue weighted by atomic mass is 10.1. The summed E-state index contributed by atoms with van der Waals surface area (Å²) in [6, 6.07) is 4.38. The first-order valence-corrected chi connectivity index (χ1v) is 5.11. The minimum atomic E-state index is -4.66. The van der Waals surface area contributed by atoms with Gasteiger partial charge in [0.1, 0.15) is 0 Å². The normalized spacial score (nSPS) is 12.1.